The number of aryl methyl sites for hydroxylation is 2. The Kier molecular flexibility index (Phi) is 4.31. The number of benzene rings is 3. The summed E-state index contributed by atoms with van der Waals surface area (Å²) in [6, 6.07) is 22.4. The van der Waals surface area contributed by atoms with E-state index in [-0.39, 0.29) is 0 Å². The fraction of sp³-hybridized carbons (Fsp3) is 0.276. The Morgan fingerprint density at radius 3 is 2.52 bits per heavy atom. The van der Waals surface area contributed by atoms with E-state index in [0.717, 1.165) is 12.8 Å². The molecule has 1 nitrogen and oxygen atoms in total. The monoisotopic (exact) mass is 423 g/mol. The lowest BCUT2D eigenvalue weighted by Gasteiger charge is -2.22. The van der Waals surface area contributed by atoms with Crippen molar-refractivity contribution in [1.82, 2.24) is 0 Å². The van der Waals surface area contributed by atoms with E-state index < -0.39 is 5.89 Å². The molecule has 0 atom stereocenters. The second-order valence-corrected chi connectivity index (χ2v) is 10.1. The molecule has 154 valence electrons. The number of nitrogens with zero attached hydrogens (tertiary/aromatic N) is 1. The lowest BCUT2D eigenvalue weighted by molar-refractivity contribution is -0.659. The zero-order valence-electron chi connectivity index (χ0n) is 19.2. The molecular weight excluding hydrogens is 394 g/mol. The Hall–Kier alpha value is -2.71. The van der Waals surface area contributed by atoms with Crippen molar-refractivity contribution >= 4 is 42.3 Å². The van der Waals surface area contributed by atoms with Crippen LogP contribution in [0.2, 0.25) is 0 Å². The van der Waals surface area contributed by atoms with Crippen LogP contribution in [0.4, 0.5) is 0 Å². The first-order chi connectivity index (χ1) is 15.5. The molecule has 0 aliphatic heterocycles. The molecule has 6 rings (SSSR count). The van der Waals surface area contributed by atoms with E-state index in [1.54, 1.807) is 0 Å². The van der Waals surface area contributed by atoms with Crippen molar-refractivity contribution in [3.63, 3.8) is 0 Å². The number of hydrogen-bond donors (Lipinski definition) is 0. The van der Waals surface area contributed by atoms with Gasteiger partial charge in [-0.25, -0.2) is 0 Å². The Balaban J connectivity index is 1.53. The maximum atomic E-state index is 9.03. The molecule has 0 bridgehead atoms. The number of thiophene rings is 1. The van der Waals surface area contributed by atoms with Crippen molar-refractivity contribution in [2.75, 3.05) is 0 Å². The van der Waals surface area contributed by atoms with Crippen LogP contribution >= 0.6 is 11.3 Å². The molecule has 1 aliphatic carbocycles. The van der Waals surface area contributed by atoms with Crippen molar-refractivity contribution in [3.8, 4) is 11.3 Å². The van der Waals surface area contributed by atoms with Crippen LogP contribution < -0.4 is 4.57 Å². The highest BCUT2D eigenvalue weighted by Gasteiger charge is 2.18. The lowest BCUT2D eigenvalue weighted by Crippen LogP contribution is -2.30. The van der Waals surface area contributed by atoms with Crippen molar-refractivity contribution in [3.05, 3.63) is 78.0 Å². The molecule has 0 N–H and O–H groups in total. The average Bonchev–Trinajstić information content (AvgIpc) is 3.13. The van der Waals surface area contributed by atoms with Crippen molar-refractivity contribution < 1.29 is 5.94 Å². The number of rotatable bonds is 2. The van der Waals surface area contributed by atoms with Gasteiger partial charge in [0.25, 0.3) is 0 Å². The molecule has 2 heteroatoms. The summed E-state index contributed by atoms with van der Waals surface area (Å²) >= 11 is 1.87. The van der Waals surface area contributed by atoms with Crippen LogP contribution in [0.1, 0.15) is 50.5 Å². The Bertz CT molecular complexity index is 1490. The molecule has 5 aromatic rings. The topological polar surface area (TPSA) is 3.88 Å². The second kappa shape index (κ2) is 7.46. The summed E-state index contributed by atoms with van der Waals surface area (Å²) in [5.74, 6) is -0.405. The van der Waals surface area contributed by atoms with E-state index >= 15 is 0 Å². The fourth-order valence-electron chi connectivity index (χ4n) is 5.22. The van der Waals surface area contributed by atoms with E-state index in [9.17, 15) is 0 Å². The van der Waals surface area contributed by atoms with Gasteiger partial charge in [-0.1, -0.05) is 55.7 Å². The van der Waals surface area contributed by atoms with Gasteiger partial charge >= 0.3 is 0 Å². The average molecular weight is 424 g/mol. The molecule has 1 saturated carbocycles. The molecule has 3 aromatic carbocycles. The Labute approximate surface area is 189 Å². The largest absolute Gasteiger partial charge is 0.213 e. The molecule has 0 unspecified atom stereocenters. The second-order valence-electron chi connectivity index (χ2n) is 9.04. The number of aromatic nitrogens is 1. The van der Waals surface area contributed by atoms with Crippen molar-refractivity contribution in [2.24, 2.45) is 7.05 Å². The quantitative estimate of drug-likeness (QED) is 0.253. The lowest BCUT2D eigenvalue weighted by atomic mass is 9.83. The third-order valence-corrected chi connectivity index (χ3v) is 8.08. The van der Waals surface area contributed by atoms with Crippen LogP contribution in [0.5, 0.6) is 0 Å². The maximum absolute atomic E-state index is 9.03. The van der Waals surface area contributed by atoms with Gasteiger partial charge in [-0.15, -0.1) is 11.3 Å². The summed E-state index contributed by atoms with van der Waals surface area (Å²) < 4.78 is 13.9. The van der Waals surface area contributed by atoms with Crippen LogP contribution in [0.15, 0.2) is 66.9 Å². The minimum absolute atomic E-state index is 0.405. The molecular formula is C29H28NS+. The first-order valence-electron chi connectivity index (χ1n) is 11.9. The zero-order chi connectivity index (χ0) is 21.9. The van der Waals surface area contributed by atoms with Gasteiger partial charge in [-0.2, -0.15) is 4.57 Å². The predicted molar refractivity (Wildman–Crippen MR) is 134 cm³/mol. The summed E-state index contributed by atoms with van der Waals surface area (Å²) in [7, 11) is 2.15. The summed E-state index contributed by atoms with van der Waals surface area (Å²) in [5, 5.41) is 5.20. The van der Waals surface area contributed by atoms with Crippen molar-refractivity contribution in [2.45, 2.75) is 44.9 Å². The third-order valence-electron chi connectivity index (χ3n) is 6.97. The smallest absolute Gasteiger partial charge is 0.200 e. The predicted octanol–water partition coefficient (Wildman–Crippen LogP) is 8.06. The van der Waals surface area contributed by atoms with E-state index in [0.29, 0.717) is 0 Å². The summed E-state index contributed by atoms with van der Waals surface area (Å²) in [4.78, 5) is 0. The molecule has 0 radical (unpaired) electrons. The minimum Gasteiger partial charge on any atom is -0.200 e. The first-order valence-corrected chi connectivity index (χ1v) is 12.2. The van der Waals surface area contributed by atoms with Gasteiger partial charge in [0.1, 0.15) is 7.05 Å². The van der Waals surface area contributed by atoms with Gasteiger partial charge in [0.15, 0.2) is 6.20 Å². The van der Waals surface area contributed by atoms with Gasteiger partial charge in [-0.05, 0) is 65.8 Å². The SMILES string of the molecule is [2H]C1(c2ccc3cc4c(cc3c2)sc2c[n+](C)c(-c3ccccc3C)cc24)CCCCC1. The van der Waals surface area contributed by atoms with Crippen LogP contribution in [0.3, 0.4) is 0 Å². The number of fused-ring (bicyclic) bond motifs is 4. The standard InChI is InChI=1S/C29H28NS/c1-19-8-6-7-11-24(19)27-17-26-25-15-22-13-12-21(20-9-4-3-5-10-20)14-23(22)16-28(25)31-29(26)18-30(27)2/h6-8,11-18,20H,3-5,9-10H2,1-2H3/q+1/i20D. The van der Waals surface area contributed by atoms with E-state index in [1.165, 1.54) is 72.6 Å². The van der Waals surface area contributed by atoms with E-state index in [1.807, 2.05) is 11.3 Å². The van der Waals surface area contributed by atoms with Crippen molar-refractivity contribution in [1.29, 1.82) is 0 Å². The first kappa shape index (κ1) is 17.9. The molecule has 2 heterocycles. The third kappa shape index (κ3) is 3.25. The number of pyridine rings is 1. The zero-order valence-corrected chi connectivity index (χ0v) is 19.1. The summed E-state index contributed by atoms with van der Waals surface area (Å²) in [6.07, 6.45) is 7.88. The van der Waals surface area contributed by atoms with Crippen LogP contribution in [0.25, 0.3) is 42.2 Å². The van der Waals surface area contributed by atoms with Gasteiger partial charge in [0, 0.05) is 28.5 Å². The summed E-state index contributed by atoms with van der Waals surface area (Å²) in [5.41, 5.74) is 5.03. The van der Waals surface area contributed by atoms with Crippen LogP contribution in [-0.2, 0) is 7.05 Å². The highest BCUT2D eigenvalue weighted by atomic mass is 32.1. The van der Waals surface area contributed by atoms with Gasteiger partial charge in [-0.3, -0.25) is 0 Å². The molecule has 31 heavy (non-hydrogen) atoms. The highest BCUT2D eigenvalue weighted by Crippen LogP contribution is 2.39. The van der Waals surface area contributed by atoms with Gasteiger partial charge in [0.2, 0.25) is 5.69 Å². The fourth-order valence-corrected chi connectivity index (χ4v) is 6.41. The van der Waals surface area contributed by atoms with Gasteiger partial charge in [0.05, 0.1) is 4.70 Å². The molecule has 1 aliphatic rings. The highest BCUT2D eigenvalue weighted by molar-refractivity contribution is 7.25. The molecule has 2 aromatic heterocycles. The van der Waals surface area contributed by atoms with Gasteiger partial charge < -0.3 is 0 Å². The number of hydrogen-bond acceptors (Lipinski definition) is 1. The van der Waals surface area contributed by atoms with E-state index in [2.05, 4.69) is 85.4 Å². The van der Waals surface area contributed by atoms with Crippen LogP contribution in [0, 0.1) is 6.92 Å². The maximum Gasteiger partial charge on any atom is 0.213 e. The normalized spacial score (nSPS) is 16.8. The molecule has 0 saturated heterocycles. The molecule has 0 spiro atoms. The Morgan fingerprint density at radius 1 is 0.871 bits per heavy atom. The molecule has 1 fully saturated rings. The molecule has 0 amide bonds. The Morgan fingerprint density at radius 2 is 1.68 bits per heavy atom. The minimum atomic E-state index is -0.405. The summed E-state index contributed by atoms with van der Waals surface area (Å²) in [6.45, 7) is 2.18. The van der Waals surface area contributed by atoms with Crippen LogP contribution in [-0.4, -0.2) is 0 Å². The van der Waals surface area contributed by atoms with E-state index in [4.69, 9.17) is 1.37 Å².